The summed E-state index contributed by atoms with van der Waals surface area (Å²) in [5, 5.41) is 2.76. The monoisotopic (exact) mass is 329 g/mol. The lowest BCUT2D eigenvalue weighted by atomic mass is 9.94. The number of amides is 3. The van der Waals surface area contributed by atoms with Crippen LogP contribution in [0.5, 0.6) is 0 Å². The summed E-state index contributed by atoms with van der Waals surface area (Å²) in [6, 6.07) is 6.93. The summed E-state index contributed by atoms with van der Waals surface area (Å²) in [6.45, 7) is 0.466. The Balaban J connectivity index is 1.66. The molecule has 0 bridgehead atoms. The highest BCUT2D eigenvalue weighted by Crippen LogP contribution is 2.29. The molecule has 3 rings (SSSR count). The number of carbonyl (C=O) groups excluding carboxylic acids is 3. The van der Waals surface area contributed by atoms with Crippen LogP contribution in [0.25, 0.3) is 0 Å². The third-order valence-electron chi connectivity index (χ3n) is 5.00. The molecule has 3 amide bonds. The molecule has 1 aromatic carbocycles. The number of para-hydroxylation sites is 1. The van der Waals surface area contributed by atoms with Gasteiger partial charge in [-0.3, -0.25) is 14.4 Å². The molecule has 128 valence electrons. The molecular formula is C18H23N3O3. The molecule has 1 aliphatic carbocycles. The molecule has 0 unspecified atom stereocenters. The van der Waals surface area contributed by atoms with Crippen LogP contribution in [0.15, 0.2) is 24.3 Å². The van der Waals surface area contributed by atoms with Crippen molar-refractivity contribution in [2.75, 3.05) is 11.9 Å². The fraction of sp³-hybridized carbons (Fsp3) is 0.500. The van der Waals surface area contributed by atoms with E-state index in [1.807, 2.05) is 4.90 Å². The average Bonchev–Trinajstić information content (AvgIpc) is 2.98. The quantitative estimate of drug-likeness (QED) is 0.883. The van der Waals surface area contributed by atoms with Crippen molar-refractivity contribution in [3.05, 3.63) is 29.8 Å². The molecule has 0 aromatic heterocycles. The summed E-state index contributed by atoms with van der Waals surface area (Å²) >= 11 is 0. The summed E-state index contributed by atoms with van der Waals surface area (Å²) in [5.74, 6) is -1.13. The topological polar surface area (TPSA) is 92.5 Å². The number of carbonyl (C=O) groups is 3. The molecule has 6 nitrogen and oxygen atoms in total. The molecule has 1 saturated carbocycles. The Labute approximate surface area is 141 Å². The van der Waals surface area contributed by atoms with Gasteiger partial charge in [0, 0.05) is 19.0 Å². The number of nitrogens with one attached hydrogen (secondary N) is 1. The van der Waals surface area contributed by atoms with E-state index in [4.69, 9.17) is 5.73 Å². The van der Waals surface area contributed by atoms with Crippen molar-refractivity contribution >= 4 is 23.4 Å². The molecule has 1 aliphatic heterocycles. The second-order valence-corrected chi connectivity index (χ2v) is 6.64. The van der Waals surface area contributed by atoms with E-state index in [0.29, 0.717) is 12.2 Å². The van der Waals surface area contributed by atoms with Crippen molar-refractivity contribution in [2.45, 2.75) is 44.6 Å². The number of hydrogen-bond donors (Lipinski definition) is 2. The van der Waals surface area contributed by atoms with Gasteiger partial charge in [-0.25, -0.2) is 0 Å². The van der Waals surface area contributed by atoms with Crippen LogP contribution in [0.2, 0.25) is 0 Å². The van der Waals surface area contributed by atoms with Gasteiger partial charge in [0.15, 0.2) is 0 Å². The predicted octanol–water partition coefficient (Wildman–Crippen LogP) is 1.91. The molecule has 1 atom stereocenters. The molecule has 6 heteroatoms. The van der Waals surface area contributed by atoms with Crippen LogP contribution in [0.3, 0.4) is 0 Å². The Morgan fingerprint density at radius 1 is 1.12 bits per heavy atom. The average molecular weight is 329 g/mol. The number of likely N-dealkylation sites (tertiary alicyclic amines) is 1. The van der Waals surface area contributed by atoms with Crippen molar-refractivity contribution in [3.8, 4) is 0 Å². The summed E-state index contributed by atoms with van der Waals surface area (Å²) in [7, 11) is 0. The van der Waals surface area contributed by atoms with E-state index in [1.54, 1.807) is 24.3 Å². The number of nitrogens with zero attached hydrogens (tertiary/aromatic N) is 1. The molecule has 3 N–H and O–H groups in total. The van der Waals surface area contributed by atoms with Gasteiger partial charge in [-0.2, -0.15) is 0 Å². The Morgan fingerprint density at radius 2 is 1.83 bits per heavy atom. The molecule has 0 spiro atoms. The standard InChI is InChI=1S/C18H23N3O3/c19-17(23)14-8-4-5-9-15(14)20-18(24)12-10-16(22)21(11-12)13-6-2-1-3-7-13/h4-5,8-9,12-13H,1-3,6-7,10-11H2,(H2,19,23)(H,20,24)/t12-/m1/s1. The molecule has 1 aromatic rings. The first kappa shape index (κ1) is 16.5. The van der Waals surface area contributed by atoms with E-state index in [1.165, 1.54) is 6.42 Å². The van der Waals surface area contributed by atoms with Gasteiger partial charge in [-0.05, 0) is 25.0 Å². The fourth-order valence-electron chi connectivity index (χ4n) is 3.69. The number of rotatable bonds is 4. The lowest BCUT2D eigenvalue weighted by molar-refractivity contribution is -0.130. The van der Waals surface area contributed by atoms with Gasteiger partial charge < -0.3 is 16.0 Å². The molecule has 2 fully saturated rings. The number of benzene rings is 1. The Bertz CT molecular complexity index is 653. The minimum atomic E-state index is -0.586. The molecule has 0 radical (unpaired) electrons. The smallest absolute Gasteiger partial charge is 0.250 e. The summed E-state index contributed by atoms with van der Waals surface area (Å²) in [6.07, 6.45) is 5.83. The molecule has 1 heterocycles. The molecule has 2 aliphatic rings. The number of primary amides is 1. The van der Waals surface area contributed by atoms with Crippen LogP contribution < -0.4 is 11.1 Å². The van der Waals surface area contributed by atoms with Crippen LogP contribution in [0.4, 0.5) is 5.69 Å². The maximum Gasteiger partial charge on any atom is 0.250 e. The van der Waals surface area contributed by atoms with Crippen molar-refractivity contribution in [3.63, 3.8) is 0 Å². The van der Waals surface area contributed by atoms with Crippen molar-refractivity contribution in [1.29, 1.82) is 0 Å². The third kappa shape index (κ3) is 3.42. The van der Waals surface area contributed by atoms with E-state index < -0.39 is 5.91 Å². The predicted molar refractivity (Wildman–Crippen MR) is 90.3 cm³/mol. The Hall–Kier alpha value is -2.37. The minimum absolute atomic E-state index is 0.0604. The lowest BCUT2D eigenvalue weighted by Gasteiger charge is -2.31. The first-order valence-electron chi connectivity index (χ1n) is 8.55. The lowest BCUT2D eigenvalue weighted by Crippen LogP contribution is -2.38. The van der Waals surface area contributed by atoms with Crippen molar-refractivity contribution in [1.82, 2.24) is 4.90 Å². The highest BCUT2D eigenvalue weighted by Gasteiger charge is 2.38. The zero-order valence-electron chi connectivity index (χ0n) is 13.7. The first-order chi connectivity index (χ1) is 11.6. The maximum atomic E-state index is 12.5. The minimum Gasteiger partial charge on any atom is -0.366 e. The van der Waals surface area contributed by atoms with Crippen molar-refractivity contribution < 1.29 is 14.4 Å². The van der Waals surface area contributed by atoms with E-state index in [-0.39, 0.29) is 35.8 Å². The van der Waals surface area contributed by atoms with Gasteiger partial charge >= 0.3 is 0 Å². The fourth-order valence-corrected chi connectivity index (χ4v) is 3.69. The number of hydrogen-bond acceptors (Lipinski definition) is 3. The highest BCUT2D eigenvalue weighted by molar-refractivity contribution is 6.04. The summed E-state index contributed by atoms with van der Waals surface area (Å²) < 4.78 is 0. The molecule has 1 saturated heterocycles. The van der Waals surface area contributed by atoms with Gasteiger partial charge in [0.2, 0.25) is 11.8 Å². The van der Waals surface area contributed by atoms with E-state index in [0.717, 1.165) is 25.7 Å². The van der Waals surface area contributed by atoms with Crippen LogP contribution in [0.1, 0.15) is 48.9 Å². The van der Waals surface area contributed by atoms with Gasteiger partial charge in [0.1, 0.15) is 0 Å². The number of anilines is 1. The number of nitrogens with two attached hydrogens (primary N) is 1. The van der Waals surface area contributed by atoms with Gasteiger partial charge in [0.05, 0.1) is 17.2 Å². The van der Waals surface area contributed by atoms with E-state index >= 15 is 0 Å². The zero-order chi connectivity index (χ0) is 17.1. The Morgan fingerprint density at radius 3 is 2.54 bits per heavy atom. The SMILES string of the molecule is NC(=O)c1ccccc1NC(=O)[C@@H]1CC(=O)N(C2CCCCC2)C1. The Kier molecular flexibility index (Phi) is 4.83. The third-order valence-corrected chi connectivity index (χ3v) is 5.00. The van der Waals surface area contributed by atoms with Gasteiger partial charge in [-0.15, -0.1) is 0 Å². The first-order valence-corrected chi connectivity index (χ1v) is 8.55. The molecular weight excluding hydrogens is 306 g/mol. The van der Waals surface area contributed by atoms with E-state index in [9.17, 15) is 14.4 Å². The largest absolute Gasteiger partial charge is 0.366 e. The summed E-state index contributed by atoms with van der Waals surface area (Å²) in [4.78, 5) is 38.1. The molecule has 24 heavy (non-hydrogen) atoms. The van der Waals surface area contributed by atoms with Gasteiger partial charge in [-0.1, -0.05) is 31.4 Å². The van der Waals surface area contributed by atoms with Crippen molar-refractivity contribution in [2.24, 2.45) is 11.7 Å². The van der Waals surface area contributed by atoms with E-state index in [2.05, 4.69) is 5.32 Å². The normalized spacial score (nSPS) is 21.8. The second-order valence-electron chi connectivity index (χ2n) is 6.64. The van der Waals surface area contributed by atoms with Crippen LogP contribution in [-0.4, -0.2) is 35.2 Å². The van der Waals surface area contributed by atoms with Crippen LogP contribution in [0, 0.1) is 5.92 Å². The summed E-state index contributed by atoms with van der Waals surface area (Å²) in [5.41, 5.74) is 6.01. The van der Waals surface area contributed by atoms with Crippen LogP contribution in [-0.2, 0) is 9.59 Å². The van der Waals surface area contributed by atoms with Crippen LogP contribution >= 0.6 is 0 Å². The van der Waals surface area contributed by atoms with Gasteiger partial charge in [0.25, 0.3) is 5.91 Å². The zero-order valence-corrected chi connectivity index (χ0v) is 13.7. The second kappa shape index (κ2) is 7.03. The highest BCUT2D eigenvalue weighted by atomic mass is 16.2. The maximum absolute atomic E-state index is 12.5.